The predicted molar refractivity (Wildman–Crippen MR) is 78.6 cm³/mol. The van der Waals surface area contributed by atoms with Gasteiger partial charge in [0, 0.05) is 32.7 Å². The van der Waals surface area contributed by atoms with Gasteiger partial charge in [-0.3, -0.25) is 4.90 Å². The SMILES string of the molecule is c1ccc2sc(CNCCN3CCOCC3)nc2c1. The Labute approximate surface area is 117 Å². The van der Waals surface area contributed by atoms with Crippen molar-refractivity contribution < 1.29 is 4.74 Å². The largest absolute Gasteiger partial charge is 0.379 e. The Hall–Kier alpha value is -1.01. The molecule has 19 heavy (non-hydrogen) atoms. The normalized spacial score (nSPS) is 17.1. The fraction of sp³-hybridized carbons (Fsp3) is 0.500. The van der Waals surface area contributed by atoms with Crippen molar-refractivity contribution in [3.8, 4) is 0 Å². The van der Waals surface area contributed by atoms with Crippen LogP contribution in [0.3, 0.4) is 0 Å². The highest BCUT2D eigenvalue weighted by molar-refractivity contribution is 7.18. The molecule has 0 saturated carbocycles. The fourth-order valence-corrected chi connectivity index (χ4v) is 3.19. The Morgan fingerprint density at radius 1 is 1.26 bits per heavy atom. The zero-order valence-electron chi connectivity index (χ0n) is 11.0. The van der Waals surface area contributed by atoms with Gasteiger partial charge in [0.15, 0.2) is 0 Å². The number of nitrogens with one attached hydrogen (secondary N) is 1. The van der Waals surface area contributed by atoms with Crippen LogP contribution in [0.15, 0.2) is 24.3 Å². The Bertz CT molecular complexity index is 489. The molecular weight excluding hydrogens is 258 g/mol. The van der Waals surface area contributed by atoms with Crippen molar-refractivity contribution in [3.05, 3.63) is 29.3 Å². The highest BCUT2D eigenvalue weighted by Crippen LogP contribution is 2.21. The molecular formula is C14H19N3OS. The molecule has 3 rings (SSSR count). The third-order valence-corrected chi connectivity index (χ3v) is 4.36. The summed E-state index contributed by atoms with van der Waals surface area (Å²) in [6.45, 7) is 6.83. The topological polar surface area (TPSA) is 37.4 Å². The molecule has 0 bridgehead atoms. The van der Waals surface area contributed by atoms with Crippen LogP contribution in [0.1, 0.15) is 5.01 Å². The van der Waals surface area contributed by atoms with Gasteiger partial charge in [0.25, 0.3) is 0 Å². The van der Waals surface area contributed by atoms with Crippen LogP contribution >= 0.6 is 11.3 Å². The molecule has 1 aromatic carbocycles. The number of para-hydroxylation sites is 1. The number of aromatic nitrogens is 1. The molecule has 1 aliphatic heterocycles. The van der Waals surface area contributed by atoms with Gasteiger partial charge in [0.1, 0.15) is 5.01 Å². The van der Waals surface area contributed by atoms with Crippen LogP contribution in [0.25, 0.3) is 10.2 Å². The van der Waals surface area contributed by atoms with Gasteiger partial charge >= 0.3 is 0 Å². The second-order valence-electron chi connectivity index (χ2n) is 4.71. The first kappa shape index (κ1) is 13.0. The minimum atomic E-state index is 0.865. The van der Waals surface area contributed by atoms with Gasteiger partial charge in [0.05, 0.1) is 23.4 Å². The summed E-state index contributed by atoms with van der Waals surface area (Å²) in [6, 6.07) is 8.31. The number of morpholine rings is 1. The number of thiazole rings is 1. The minimum Gasteiger partial charge on any atom is -0.379 e. The molecule has 1 aromatic heterocycles. The quantitative estimate of drug-likeness (QED) is 0.845. The number of benzene rings is 1. The number of rotatable bonds is 5. The summed E-state index contributed by atoms with van der Waals surface area (Å²) in [5.41, 5.74) is 1.11. The number of nitrogens with zero attached hydrogens (tertiary/aromatic N) is 2. The van der Waals surface area contributed by atoms with Crippen molar-refractivity contribution in [1.82, 2.24) is 15.2 Å². The number of fused-ring (bicyclic) bond motifs is 1. The van der Waals surface area contributed by atoms with Crippen LogP contribution < -0.4 is 5.32 Å². The third-order valence-electron chi connectivity index (χ3n) is 3.32. The number of hydrogen-bond donors (Lipinski definition) is 1. The van der Waals surface area contributed by atoms with E-state index in [4.69, 9.17) is 4.74 Å². The molecule has 0 spiro atoms. The molecule has 0 unspecified atom stereocenters. The van der Waals surface area contributed by atoms with Crippen LogP contribution in [-0.2, 0) is 11.3 Å². The molecule has 102 valence electrons. The fourth-order valence-electron chi connectivity index (χ4n) is 2.25. The molecule has 0 amide bonds. The van der Waals surface area contributed by atoms with E-state index in [-0.39, 0.29) is 0 Å². The summed E-state index contributed by atoms with van der Waals surface area (Å²) in [5.74, 6) is 0. The zero-order chi connectivity index (χ0) is 12.9. The molecule has 2 aromatic rings. The molecule has 5 heteroatoms. The second-order valence-corrected chi connectivity index (χ2v) is 5.82. The van der Waals surface area contributed by atoms with Gasteiger partial charge in [0.2, 0.25) is 0 Å². The van der Waals surface area contributed by atoms with Crippen LogP contribution in [-0.4, -0.2) is 49.3 Å². The standard InChI is InChI=1S/C14H19N3OS/c1-2-4-13-12(3-1)16-14(19-13)11-15-5-6-17-7-9-18-10-8-17/h1-4,15H,5-11H2. The average Bonchev–Trinajstić information content (AvgIpc) is 2.87. The Morgan fingerprint density at radius 3 is 2.95 bits per heavy atom. The molecule has 0 atom stereocenters. The van der Waals surface area contributed by atoms with Gasteiger partial charge in [-0.15, -0.1) is 11.3 Å². The molecule has 0 aliphatic carbocycles. The van der Waals surface area contributed by atoms with Gasteiger partial charge in [-0.2, -0.15) is 0 Å². The number of ether oxygens (including phenoxy) is 1. The summed E-state index contributed by atoms with van der Waals surface area (Å²) < 4.78 is 6.61. The number of hydrogen-bond acceptors (Lipinski definition) is 5. The van der Waals surface area contributed by atoms with E-state index >= 15 is 0 Å². The smallest absolute Gasteiger partial charge is 0.108 e. The van der Waals surface area contributed by atoms with E-state index < -0.39 is 0 Å². The molecule has 1 fully saturated rings. The maximum absolute atomic E-state index is 5.34. The molecule has 0 radical (unpaired) electrons. The summed E-state index contributed by atoms with van der Waals surface area (Å²) in [5, 5.41) is 4.64. The van der Waals surface area contributed by atoms with Crippen molar-refractivity contribution >= 4 is 21.6 Å². The first-order valence-electron chi connectivity index (χ1n) is 6.77. The molecule has 1 saturated heterocycles. The maximum atomic E-state index is 5.34. The lowest BCUT2D eigenvalue weighted by molar-refractivity contribution is 0.0384. The second kappa shape index (κ2) is 6.43. The third kappa shape index (κ3) is 3.51. The Kier molecular flexibility index (Phi) is 4.40. The average molecular weight is 277 g/mol. The van der Waals surface area contributed by atoms with Crippen molar-refractivity contribution in [2.45, 2.75) is 6.54 Å². The highest BCUT2D eigenvalue weighted by Gasteiger charge is 2.09. The van der Waals surface area contributed by atoms with E-state index in [0.29, 0.717) is 0 Å². The van der Waals surface area contributed by atoms with Crippen LogP contribution in [0.4, 0.5) is 0 Å². The maximum Gasteiger partial charge on any atom is 0.108 e. The van der Waals surface area contributed by atoms with Crippen LogP contribution in [0.5, 0.6) is 0 Å². The summed E-state index contributed by atoms with van der Waals surface area (Å²) >= 11 is 1.78. The lowest BCUT2D eigenvalue weighted by atomic mass is 10.3. The van der Waals surface area contributed by atoms with E-state index in [9.17, 15) is 0 Å². The predicted octanol–water partition coefficient (Wildman–Crippen LogP) is 1.72. The Morgan fingerprint density at radius 2 is 2.11 bits per heavy atom. The first-order valence-corrected chi connectivity index (χ1v) is 7.59. The van der Waals surface area contributed by atoms with Gasteiger partial charge in [-0.1, -0.05) is 12.1 Å². The molecule has 1 aliphatic rings. The summed E-state index contributed by atoms with van der Waals surface area (Å²) in [6.07, 6.45) is 0. The molecule has 2 heterocycles. The Balaban J connectivity index is 1.44. The first-order chi connectivity index (χ1) is 9.42. The van der Waals surface area contributed by atoms with Gasteiger partial charge in [-0.25, -0.2) is 4.98 Å². The summed E-state index contributed by atoms with van der Waals surface area (Å²) in [7, 11) is 0. The van der Waals surface area contributed by atoms with E-state index in [1.165, 1.54) is 9.71 Å². The van der Waals surface area contributed by atoms with Gasteiger partial charge < -0.3 is 10.1 Å². The van der Waals surface area contributed by atoms with Crippen molar-refractivity contribution in [3.63, 3.8) is 0 Å². The lowest BCUT2D eigenvalue weighted by Crippen LogP contribution is -2.40. The molecule has 4 nitrogen and oxygen atoms in total. The monoisotopic (exact) mass is 277 g/mol. The molecule has 1 N–H and O–H groups in total. The zero-order valence-corrected chi connectivity index (χ0v) is 11.8. The van der Waals surface area contributed by atoms with E-state index in [1.54, 1.807) is 11.3 Å². The van der Waals surface area contributed by atoms with Crippen molar-refractivity contribution in [1.29, 1.82) is 0 Å². The van der Waals surface area contributed by atoms with Crippen LogP contribution in [0.2, 0.25) is 0 Å². The van der Waals surface area contributed by atoms with Crippen molar-refractivity contribution in [2.75, 3.05) is 39.4 Å². The van der Waals surface area contributed by atoms with Crippen LogP contribution in [0, 0.1) is 0 Å². The van der Waals surface area contributed by atoms with E-state index in [2.05, 4.69) is 33.4 Å². The van der Waals surface area contributed by atoms with Gasteiger partial charge in [-0.05, 0) is 12.1 Å². The van der Waals surface area contributed by atoms with E-state index in [1.807, 2.05) is 6.07 Å². The highest BCUT2D eigenvalue weighted by atomic mass is 32.1. The van der Waals surface area contributed by atoms with Crippen molar-refractivity contribution in [2.24, 2.45) is 0 Å². The van der Waals surface area contributed by atoms with E-state index in [0.717, 1.165) is 51.5 Å². The lowest BCUT2D eigenvalue weighted by Gasteiger charge is -2.26. The summed E-state index contributed by atoms with van der Waals surface area (Å²) in [4.78, 5) is 7.06. The minimum absolute atomic E-state index is 0.865.